The van der Waals surface area contributed by atoms with E-state index in [9.17, 15) is 9.90 Å². The molecule has 1 aromatic rings. The molecule has 11 heteroatoms. The molecule has 2 spiro atoms. The lowest BCUT2D eigenvalue weighted by Crippen LogP contribution is -2.83. The summed E-state index contributed by atoms with van der Waals surface area (Å²) in [7, 11) is 1.80. The third kappa shape index (κ3) is 6.20. The van der Waals surface area contributed by atoms with Crippen molar-refractivity contribution in [2.75, 3.05) is 79.7 Å². The molecular weight excluding hydrogens is 654 g/mol. The van der Waals surface area contributed by atoms with Crippen LogP contribution in [-0.2, 0) is 40.3 Å². The summed E-state index contributed by atoms with van der Waals surface area (Å²) in [5, 5.41) is 12.5. The van der Waals surface area contributed by atoms with Crippen LogP contribution in [0.4, 0.5) is 4.79 Å². The summed E-state index contributed by atoms with van der Waals surface area (Å²) in [5.41, 5.74) is 0.0696. The number of rotatable bonds is 18. The topological polar surface area (TPSA) is 114 Å². The van der Waals surface area contributed by atoms with E-state index in [0.29, 0.717) is 63.8 Å². The van der Waals surface area contributed by atoms with Gasteiger partial charge in [-0.2, -0.15) is 0 Å². The van der Waals surface area contributed by atoms with Crippen LogP contribution in [0.2, 0.25) is 0 Å². The number of hydrogen-bond donors (Lipinski definition) is 1. The van der Waals surface area contributed by atoms with E-state index in [0.717, 1.165) is 51.1 Å². The monoisotopic (exact) mass is 715 g/mol. The zero-order chi connectivity index (χ0) is 36.1. The first kappa shape index (κ1) is 37.3. The van der Waals surface area contributed by atoms with E-state index in [2.05, 4.69) is 31.7 Å². The van der Waals surface area contributed by atoms with Crippen molar-refractivity contribution in [3.8, 4) is 11.5 Å². The highest BCUT2D eigenvalue weighted by molar-refractivity contribution is 5.70. The number of nitrogens with zero attached hydrogens (tertiary/aromatic N) is 1. The Morgan fingerprint density at radius 2 is 1.61 bits per heavy atom. The van der Waals surface area contributed by atoms with Gasteiger partial charge in [0.15, 0.2) is 11.5 Å². The van der Waals surface area contributed by atoms with Crippen molar-refractivity contribution in [2.24, 2.45) is 22.7 Å². The van der Waals surface area contributed by atoms with Gasteiger partial charge in [-0.3, -0.25) is 4.90 Å². The van der Waals surface area contributed by atoms with E-state index in [4.69, 9.17) is 37.9 Å². The number of carbonyl (C=O) groups excluding carboxylic acids is 1. The van der Waals surface area contributed by atoms with E-state index >= 15 is 0 Å². The third-order valence-electron chi connectivity index (χ3n) is 13.8. The van der Waals surface area contributed by atoms with Gasteiger partial charge in [-0.15, -0.1) is 0 Å². The number of carbonyl (C=O) groups is 1. The van der Waals surface area contributed by atoms with Gasteiger partial charge in [-0.1, -0.05) is 26.8 Å². The molecule has 4 bridgehead atoms. The smallest absolute Gasteiger partial charge is 0.482 e. The van der Waals surface area contributed by atoms with Gasteiger partial charge >= 0.3 is 6.16 Å². The van der Waals surface area contributed by atoms with Crippen molar-refractivity contribution >= 4 is 6.16 Å². The highest BCUT2D eigenvalue weighted by Crippen LogP contribution is 2.78. The van der Waals surface area contributed by atoms with Gasteiger partial charge in [0.05, 0.1) is 51.8 Å². The fourth-order valence-electron chi connectivity index (χ4n) is 10.8. The Morgan fingerprint density at radius 1 is 0.941 bits per heavy atom. The maximum absolute atomic E-state index is 13.0. The molecule has 0 radical (unpaired) electrons. The zero-order valence-corrected chi connectivity index (χ0v) is 31.8. The molecule has 2 aliphatic heterocycles. The van der Waals surface area contributed by atoms with Crippen LogP contribution in [0.5, 0.6) is 11.5 Å². The number of methoxy groups -OCH3 is 1. The lowest BCUT2D eigenvalue weighted by Gasteiger charge is -2.75. The summed E-state index contributed by atoms with van der Waals surface area (Å²) < 4.78 is 47.0. The number of piperidine rings is 1. The second-order valence-corrected chi connectivity index (χ2v) is 17.0. The van der Waals surface area contributed by atoms with E-state index < -0.39 is 17.4 Å². The minimum absolute atomic E-state index is 0.0606. The largest absolute Gasteiger partial charge is 0.514 e. The van der Waals surface area contributed by atoms with Gasteiger partial charge in [0.1, 0.15) is 18.3 Å². The van der Waals surface area contributed by atoms with Crippen LogP contribution in [0.1, 0.15) is 84.3 Å². The second kappa shape index (κ2) is 14.3. The van der Waals surface area contributed by atoms with Crippen molar-refractivity contribution in [3.05, 3.63) is 23.3 Å². The van der Waals surface area contributed by atoms with Crippen molar-refractivity contribution in [3.63, 3.8) is 0 Å². The normalized spacial score (nSPS) is 33.0. The van der Waals surface area contributed by atoms with Crippen LogP contribution in [0.25, 0.3) is 0 Å². The minimum Gasteiger partial charge on any atom is -0.482 e. The Bertz CT molecular complexity index is 1410. The molecular formula is C40H61NO10. The minimum atomic E-state index is -0.998. The van der Waals surface area contributed by atoms with Crippen LogP contribution in [0.15, 0.2) is 12.1 Å². The molecule has 0 aromatic heterocycles. The van der Waals surface area contributed by atoms with Gasteiger partial charge in [-0.25, -0.2) is 4.79 Å². The van der Waals surface area contributed by atoms with Gasteiger partial charge in [0.25, 0.3) is 0 Å². The molecule has 7 aliphatic rings. The number of likely N-dealkylation sites (tertiary alicyclic amines) is 1. The maximum Gasteiger partial charge on any atom is 0.514 e. The number of benzene rings is 1. The molecule has 7 atom stereocenters. The standard InChI is InChI=1S/C40H61NO10/c1-7-45-16-17-46-18-19-47-20-21-48-22-23-49-35(42)50-29-11-10-28-24-31-38-12-13-40(44-6,30(25-38)37(5,43)36(2,3)4)34-39(38,32(28)33(29)51-34)14-15-41(31)26-27-8-9-27/h10-11,27,30-31,34,43H,7-9,12-26H2,1-6H3/t30-,31-,34-,37+,38?,39?,40+/m1/s1. The molecule has 8 rings (SSSR count). The molecule has 1 N–H and O–H groups in total. The molecule has 11 nitrogen and oxygen atoms in total. The van der Waals surface area contributed by atoms with Crippen molar-refractivity contribution in [1.82, 2.24) is 4.90 Å². The first-order valence-corrected chi connectivity index (χ1v) is 19.5. The van der Waals surface area contributed by atoms with Crippen molar-refractivity contribution < 1.29 is 47.8 Å². The summed E-state index contributed by atoms with van der Waals surface area (Å²) >= 11 is 0. The molecule has 1 aromatic carbocycles. The Labute approximate surface area is 303 Å². The Hall–Kier alpha value is -1.99. The molecule has 286 valence electrons. The van der Waals surface area contributed by atoms with Gasteiger partial charge < -0.3 is 43.0 Å². The van der Waals surface area contributed by atoms with Crippen LogP contribution in [-0.4, -0.2) is 119 Å². The molecule has 2 heterocycles. The molecule has 51 heavy (non-hydrogen) atoms. The molecule has 2 unspecified atom stereocenters. The Balaban J connectivity index is 1.05. The number of aliphatic hydroxyl groups is 1. The van der Waals surface area contributed by atoms with Crippen molar-refractivity contribution in [2.45, 2.75) is 108 Å². The lowest BCUT2D eigenvalue weighted by molar-refractivity contribution is -0.312. The number of fused-ring (bicyclic) bond motifs is 2. The molecule has 0 amide bonds. The third-order valence-corrected chi connectivity index (χ3v) is 13.8. The van der Waals surface area contributed by atoms with E-state index in [1.165, 1.54) is 24.0 Å². The molecule has 1 saturated heterocycles. The lowest BCUT2D eigenvalue weighted by atomic mass is 9.33. The van der Waals surface area contributed by atoms with E-state index in [1.807, 2.05) is 19.9 Å². The maximum atomic E-state index is 13.0. The predicted molar refractivity (Wildman–Crippen MR) is 189 cm³/mol. The molecule has 5 aliphatic carbocycles. The average molecular weight is 716 g/mol. The SMILES string of the molecule is CCOCCOCCOCCOCCOC(=O)Oc1ccc2c3c1O[C@@H]1C34CCN(CC3CC3)[C@H](C2)C42CC[C@]1(OC)[C@@H]([C@](C)(O)C(C)(C)C)C2. The summed E-state index contributed by atoms with van der Waals surface area (Å²) in [6, 6.07) is 4.39. The van der Waals surface area contributed by atoms with Gasteiger partial charge in [0, 0.05) is 48.6 Å². The fourth-order valence-corrected chi connectivity index (χ4v) is 10.8. The predicted octanol–water partition coefficient (Wildman–Crippen LogP) is 5.31. The zero-order valence-electron chi connectivity index (χ0n) is 31.8. The van der Waals surface area contributed by atoms with Gasteiger partial charge in [-0.05, 0) is 88.3 Å². The summed E-state index contributed by atoms with van der Waals surface area (Å²) in [5.74, 6) is 1.71. The van der Waals surface area contributed by atoms with Crippen LogP contribution < -0.4 is 9.47 Å². The van der Waals surface area contributed by atoms with Gasteiger partial charge in [0.2, 0.25) is 0 Å². The average Bonchev–Trinajstić information content (AvgIpc) is 3.84. The first-order chi connectivity index (χ1) is 24.4. The summed E-state index contributed by atoms with van der Waals surface area (Å²) in [4.78, 5) is 15.8. The van der Waals surface area contributed by atoms with E-state index in [1.54, 1.807) is 7.11 Å². The quantitative estimate of drug-likeness (QED) is 0.121. The first-order valence-electron chi connectivity index (χ1n) is 19.5. The number of ether oxygens (including phenoxy) is 8. The highest BCUT2D eigenvalue weighted by Gasteiger charge is 2.82. The van der Waals surface area contributed by atoms with E-state index in [-0.39, 0.29) is 41.5 Å². The van der Waals surface area contributed by atoms with Crippen LogP contribution >= 0.6 is 0 Å². The van der Waals surface area contributed by atoms with Crippen LogP contribution in [0, 0.1) is 22.7 Å². The summed E-state index contributed by atoms with van der Waals surface area (Å²) in [6.45, 7) is 16.4. The summed E-state index contributed by atoms with van der Waals surface area (Å²) in [6.07, 6.45) is 6.21. The molecule has 5 fully saturated rings. The fraction of sp³-hybridized carbons (Fsp3) is 0.825. The van der Waals surface area contributed by atoms with Crippen LogP contribution in [0.3, 0.4) is 0 Å². The second-order valence-electron chi connectivity index (χ2n) is 17.0. The van der Waals surface area contributed by atoms with Crippen molar-refractivity contribution in [1.29, 1.82) is 0 Å². The Kier molecular flexibility index (Phi) is 10.5. The Morgan fingerprint density at radius 3 is 2.24 bits per heavy atom. The number of hydrogen-bond acceptors (Lipinski definition) is 11. The molecule has 4 saturated carbocycles. The highest BCUT2D eigenvalue weighted by atomic mass is 16.7.